The number of imidazole rings is 1. The molecular formula is C26H28FN9. The number of aromatic amines is 2. The highest BCUT2D eigenvalue weighted by atomic mass is 19.1. The van der Waals surface area contributed by atoms with Gasteiger partial charge in [0.2, 0.25) is 0 Å². The molecule has 1 saturated heterocycles. The van der Waals surface area contributed by atoms with Crippen molar-refractivity contribution < 1.29 is 4.39 Å². The van der Waals surface area contributed by atoms with Crippen LogP contribution in [0.3, 0.4) is 0 Å². The van der Waals surface area contributed by atoms with Gasteiger partial charge in [0, 0.05) is 50.7 Å². The molecule has 1 aliphatic heterocycles. The van der Waals surface area contributed by atoms with E-state index in [1.54, 1.807) is 18.6 Å². The smallest absolute Gasteiger partial charge is 0.161 e. The Morgan fingerprint density at radius 3 is 2.75 bits per heavy atom. The molecule has 4 aromatic heterocycles. The molecule has 36 heavy (non-hydrogen) atoms. The Balaban J connectivity index is 1.42. The van der Waals surface area contributed by atoms with Crippen molar-refractivity contribution in [2.45, 2.75) is 13.5 Å². The topological polar surface area (TPSA) is 102 Å². The number of benzene rings is 1. The molecule has 5 heterocycles. The molecule has 184 valence electrons. The maximum absolute atomic E-state index is 16.0. The van der Waals surface area contributed by atoms with Crippen molar-refractivity contribution in [3.63, 3.8) is 0 Å². The largest absolute Gasteiger partial charge is 0.367 e. The summed E-state index contributed by atoms with van der Waals surface area (Å²) < 4.78 is 16.0. The highest BCUT2D eigenvalue weighted by Crippen LogP contribution is 2.34. The average molecular weight is 486 g/mol. The summed E-state index contributed by atoms with van der Waals surface area (Å²) in [6.07, 6.45) is 5.02. The number of fused-ring (bicyclic) bond motifs is 2. The Labute approximate surface area is 207 Å². The van der Waals surface area contributed by atoms with Gasteiger partial charge in [0.25, 0.3) is 0 Å². The van der Waals surface area contributed by atoms with E-state index in [1.807, 2.05) is 25.1 Å². The third-order valence-electron chi connectivity index (χ3n) is 6.75. The Bertz CT molecular complexity index is 1530. The van der Waals surface area contributed by atoms with Gasteiger partial charge in [-0.2, -0.15) is 5.10 Å². The molecule has 5 aromatic rings. The molecule has 9 nitrogen and oxygen atoms in total. The van der Waals surface area contributed by atoms with Gasteiger partial charge in [-0.05, 0) is 37.4 Å². The summed E-state index contributed by atoms with van der Waals surface area (Å²) in [6.45, 7) is 7.43. The summed E-state index contributed by atoms with van der Waals surface area (Å²) in [5.74, 6) is 0.0753. The number of para-hydroxylation sites is 1. The lowest BCUT2D eigenvalue weighted by Gasteiger charge is -2.34. The minimum atomic E-state index is -0.446. The maximum atomic E-state index is 16.0. The fourth-order valence-electron chi connectivity index (χ4n) is 4.76. The molecule has 6 rings (SSSR count). The molecule has 0 unspecified atom stereocenters. The molecule has 1 aromatic carbocycles. The molecule has 0 spiro atoms. The van der Waals surface area contributed by atoms with E-state index >= 15 is 4.39 Å². The lowest BCUT2D eigenvalue weighted by atomic mass is 10.1. The second-order valence-corrected chi connectivity index (χ2v) is 9.19. The highest BCUT2D eigenvalue weighted by Gasteiger charge is 2.23. The maximum Gasteiger partial charge on any atom is 0.161 e. The third-order valence-corrected chi connectivity index (χ3v) is 6.75. The first kappa shape index (κ1) is 22.6. The predicted molar refractivity (Wildman–Crippen MR) is 139 cm³/mol. The number of piperazine rings is 1. The van der Waals surface area contributed by atoms with Crippen molar-refractivity contribution in [1.82, 2.24) is 40.3 Å². The molecule has 0 amide bonds. The van der Waals surface area contributed by atoms with E-state index in [2.05, 4.69) is 53.4 Å². The minimum absolute atomic E-state index is 0.241. The predicted octanol–water partition coefficient (Wildman–Crippen LogP) is 3.56. The number of pyridine rings is 2. The Hall–Kier alpha value is -3.89. The van der Waals surface area contributed by atoms with Crippen molar-refractivity contribution in [3.05, 3.63) is 54.2 Å². The van der Waals surface area contributed by atoms with E-state index in [9.17, 15) is 0 Å². The zero-order valence-electron chi connectivity index (χ0n) is 20.3. The number of H-pyrrole nitrogens is 2. The quantitative estimate of drug-likeness (QED) is 0.338. The normalized spacial score (nSPS) is 14.8. The van der Waals surface area contributed by atoms with Gasteiger partial charge >= 0.3 is 0 Å². The van der Waals surface area contributed by atoms with Crippen LogP contribution in [0.25, 0.3) is 44.7 Å². The van der Waals surface area contributed by atoms with Crippen LogP contribution < -0.4 is 10.2 Å². The highest BCUT2D eigenvalue weighted by molar-refractivity contribution is 5.97. The molecular weight excluding hydrogens is 457 g/mol. The summed E-state index contributed by atoms with van der Waals surface area (Å²) in [7, 11) is 2.14. The number of anilines is 1. The number of nitrogens with zero attached hydrogens (tertiary/aromatic N) is 6. The van der Waals surface area contributed by atoms with E-state index < -0.39 is 5.82 Å². The number of likely N-dealkylation sites (N-methyl/N-ethyl adjacent to an activating group) is 1. The van der Waals surface area contributed by atoms with Crippen molar-refractivity contribution in [1.29, 1.82) is 0 Å². The van der Waals surface area contributed by atoms with E-state index in [0.29, 0.717) is 34.5 Å². The van der Waals surface area contributed by atoms with Crippen molar-refractivity contribution >= 4 is 27.6 Å². The lowest BCUT2D eigenvalue weighted by Crippen LogP contribution is -2.44. The van der Waals surface area contributed by atoms with Gasteiger partial charge in [-0.3, -0.25) is 15.1 Å². The number of rotatable bonds is 6. The molecule has 3 N–H and O–H groups in total. The van der Waals surface area contributed by atoms with Crippen LogP contribution in [-0.4, -0.2) is 74.8 Å². The van der Waals surface area contributed by atoms with E-state index in [-0.39, 0.29) is 5.69 Å². The third kappa shape index (κ3) is 3.98. The van der Waals surface area contributed by atoms with Gasteiger partial charge in [0.05, 0.1) is 28.3 Å². The van der Waals surface area contributed by atoms with Gasteiger partial charge in [-0.25, -0.2) is 9.37 Å². The molecule has 1 aliphatic rings. The number of aromatic nitrogens is 6. The molecule has 0 aliphatic carbocycles. The molecule has 1 fully saturated rings. The molecule has 0 saturated carbocycles. The van der Waals surface area contributed by atoms with Crippen LogP contribution in [0, 0.1) is 5.82 Å². The van der Waals surface area contributed by atoms with Crippen LogP contribution in [0.1, 0.15) is 12.5 Å². The monoisotopic (exact) mass is 485 g/mol. The molecule has 0 atom stereocenters. The van der Waals surface area contributed by atoms with Crippen LogP contribution >= 0.6 is 0 Å². The Kier molecular flexibility index (Phi) is 5.82. The summed E-state index contributed by atoms with van der Waals surface area (Å²) >= 11 is 0. The van der Waals surface area contributed by atoms with Gasteiger partial charge in [0.1, 0.15) is 16.9 Å². The van der Waals surface area contributed by atoms with Crippen LogP contribution in [0.15, 0.2) is 42.9 Å². The second-order valence-electron chi connectivity index (χ2n) is 9.19. The summed E-state index contributed by atoms with van der Waals surface area (Å²) in [4.78, 5) is 21.6. The zero-order valence-corrected chi connectivity index (χ0v) is 20.3. The first-order valence-electron chi connectivity index (χ1n) is 12.2. The van der Waals surface area contributed by atoms with Crippen molar-refractivity contribution in [3.8, 4) is 22.8 Å². The first-order chi connectivity index (χ1) is 17.6. The van der Waals surface area contributed by atoms with Gasteiger partial charge in [-0.1, -0.05) is 13.0 Å². The Morgan fingerprint density at radius 1 is 1.06 bits per heavy atom. The average Bonchev–Trinajstić information content (AvgIpc) is 3.53. The lowest BCUT2D eigenvalue weighted by molar-refractivity contribution is 0.313. The second kappa shape index (κ2) is 9.29. The van der Waals surface area contributed by atoms with E-state index in [0.717, 1.165) is 55.0 Å². The van der Waals surface area contributed by atoms with Crippen molar-refractivity contribution in [2.75, 3.05) is 44.7 Å². The van der Waals surface area contributed by atoms with Gasteiger partial charge in [-0.15, -0.1) is 0 Å². The fraction of sp³-hybridized carbons (Fsp3) is 0.308. The molecule has 0 radical (unpaired) electrons. The Morgan fingerprint density at radius 2 is 1.92 bits per heavy atom. The zero-order chi connectivity index (χ0) is 24.6. The van der Waals surface area contributed by atoms with Gasteiger partial charge in [0.15, 0.2) is 11.6 Å². The van der Waals surface area contributed by atoms with Crippen LogP contribution in [0.2, 0.25) is 0 Å². The number of halogens is 1. The van der Waals surface area contributed by atoms with Crippen LogP contribution in [0.5, 0.6) is 0 Å². The molecule has 0 bridgehead atoms. The first-order valence-corrected chi connectivity index (χ1v) is 12.2. The molecule has 10 heteroatoms. The van der Waals surface area contributed by atoms with Gasteiger partial charge < -0.3 is 20.1 Å². The summed E-state index contributed by atoms with van der Waals surface area (Å²) in [5.41, 5.74) is 5.62. The SMILES string of the molecule is CCNCc1cncc(-c2ncc3[nH]nc(-c4nc5c(N6CCN(C)CC6)cccc5[nH]4)c3c2F)c1. The number of hydrogen-bond acceptors (Lipinski definition) is 7. The fourth-order valence-corrected chi connectivity index (χ4v) is 4.76. The van der Waals surface area contributed by atoms with Crippen LogP contribution in [-0.2, 0) is 6.54 Å². The van der Waals surface area contributed by atoms with Crippen molar-refractivity contribution in [2.24, 2.45) is 0 Å². The minimum Gasteiger partial charge on any atom is -0.367 e. The van der Waals surface area contributed by atoms with Crippen LogP contribution in [0.4, 0.5) is 10.1 Å². The number of hydrogen-bond donors (Lipinski definition) is 3. The summed E-state index contributed by atoms with van der Waals surface area (Å²) in [5, 5.41) is 11.0. The van der Waals surface area contributed by atoms with E-state index in [4.69, 9.17) is 4.98 Å². The number of nitrogens with one attached hydrogen (secondary N) is 3. The summed E-state index contributed by atoms with van der Waals surface area (Å²) in [6, 6.07) is 8.02. The van der Waals surface area contributed by atoms with E-state index in [1.165, 1.54) is 0 Å². The standard InChI is InChI=1S/C26H28FN9/c1-3-28-12-16-11-17(14-29-13-16)23-22(27)21-19(15-30-23)33-34-25(21)26-31-18-5-4-6-20(24(18)32-26)36-9-7-35(2)8-10-36/h4-6,11,13-15,28H,3,7-10,12H2,1-2H3,(H,31,32)(H,33,34).